The second-order valence-electron chi connectivity index (χ2n) is 6.19. The van der Waals surface area contributed by atoms with E-state index in [1.54, 1.807) is 6.20 Å². The van der Waals surface area contributed by atoms with Gasteiger partial charge in [-0.15, -0.1) is 0 Å². The summed E-state index contributed by atoms with van der Waals surface area (Å²) in [5.74, 6) is 0.499. The molecule has 0 spiro atoms. The van der Waals surface area contributed by atoms with Crippen LogP contribution in [0.1, 0.15) is 47.3 Å². The molecular weight excluding hydrogens is 288 g/mol. The first kappa shape index (κ1) is 15.5. The van der Waals surface area contributed by atoms with Gasteiger partial charge in [-0.2, -0.15) is 0 Å². The number of nitrogens with one attached hydrogen (secondary N) is 2. The maximum absolute atomic E-state index is 12.3. The quantitative estimate of drug-likeness (QED) is 0.903. The Balaban J connectivity index is 1.66. The van der Waals surface area contributed by atoms with Gasteiger partial charge in [-0.1, -0.05) is 25.0 Å². The molecule has 1 aliphatic rings. The average Bonchev–Trinajstić information content (AvgIpc) is 3.04. The van der Waals surface area contributed by atoms with Crippen molar-refractivity contribution in [3.8, 4) is 0 Å². The maximum atomic E-state index is 12.3. The van der Waals surface area contributed by atoms with E-state index in [4.69, 9.17) is 0 Å². The number of amides is 1. The standard InChI is InChI=1S/C18H22N4O/c1-12-7-8-13(2)15(9-12)22-18(23)16-10-20-17(11-19-16)21-14-5-3-4-6-14/h7-11,14H,3-6H2,1-2H3,(H,20,21)(H,22,23). The van der Waals surface area contributed by atoms with Gasteiger partial charge in [0.1, 0.15) is 11.5 Å². The van der Waals surface area contributed by atoms with Crippen molar-refractivity contribution in [3.05, 3.63) is 47.4 Å². The Labute approximate surface area is 136 Å². The van der Waals surface area contributed by atoms with Crippen LogP contribution in [0.2, 0.25) is 0 Å². The van der Waals surface area contributed by atoms with Crippen molar-refractivity contribution in [1.82, 2.24) is 9.97 Å². The van der Waals surface area contributed by atoms with Crippen molar-refractivity contribution in [3.63, 3.8) is 0 Å². The molecule has 0 atom stereocenters. The highest BCUT2D eigenvalue weighted by Gasteiger charge is 2.16. The Morgan fingerprint density at radius 2 is 1.91 bits per heavy atom. The molecule has 0 saturated heterocycles. The minimum atomic E-state index is -0.237. The summed E-state index contributed by atoms with van der Waals surface area (Å²) >= 11 is 0. The Morgan fingerprint density at radius 1 is 1.13 bits per heavy atom. The number of hydrogen-bond donors (Lipinski definition) is 2. The summed E-state index contributed by atoms with van der Waals surface area (Å²) in [5.41, 5.74) is 3.26. The highest BCUT2D eigenvalue weighted by atomic mass is 16.1. The number of benzene rings is 1. The highest BCUT2D eigenvalue weighted by molar-refractivity contribution is 6.03. The van der Waals surface area contributed by atoms with Gasteiger partial charge in [0.15, 0.2) is 0 Å². The lowest BCUT2D eigenvalue weighted by Gasteiger charge is -2.12. The Bertz CT molecular complexity index is 691. The molecule has 0 unspecified atom stereocenters. The van der Waals surface area contributed by atoms with E-state index in [2.05, 4.69) is 20.6 Å². The molecule has 5 nitrogen and oxygen atoms in total. The molecule has 120 valence electrons. The van der Waals surface area contributed by atoms with Gasteiger partial charge < -0.3 is 10.6 Å². The first-order chi connectivity index (χ1) is 11.1. The van der Waals surface area contributed by atoms with Crippen LogP contribution in [0.15, 0.2) is 30.6 Å². The zero-order valence-corrected chi connectivity index (χ0v) is 13.6. The summed E-state index contributed by atoms with van der Waals surface area (Å²) in [5, 5.41) is 6.27. The van der Waals surface area contributed by atoms with Crippen molar-refractivity contribution in [2.75, 3.05) is 10.6 Å². The topological polar surface area (TPSA) is 66.9 Å². The predicted octanol–water partition coefficient (Wildman–Crippen LogP) is 3.70. The number of hydrogen-bond acceptors (Lipinski definition) is 4. The molecule has 1 aromatic heterocycles. The third kappa shape index (κ3) is 3.86. The van der Waals surface area contributed by atoms with E-state index in [1.807, 2.05) is 32.0 Å². The van der Waals surface area contributed by atoms with E-state index in [1.165, 1.54) is 31.9 Å². The molecule has 0 radical (unpaired) electrons. The summed E-state index contributed by atoms with van der Waals surface area (Å²) in [7, 11) is 0. The van der Waals surface area contributed by atoms with E-state index in [0.29, 0.717) is 11.7 Å². The highest BCUT2D eigenvalue weighted by Crippen LogP contribution is 2.21. The van der Waals surface area contributed by atoms with Crippen molar-refractivity contribution < 1.29 is 4.79 Å². The summed E-state index contributed by atoms with van der Waals surface area (Å²) in [6.45, 7) is 3.97. The number of carbonyl (C=O) groups is 1. The monoisotopic (exact) mass is 310 g/mol. The van der Waals surface area contributed by atoms with Gasteiger partial charge in [0.2, 0.25) is 0 Å². The lowest BCUT2D eigenvalue weighted by molar-refractivity contribution is 0.102. The molecular formula is C18H22N4O. The molecule has 0 aliphatic heterocycles. The van der Waals surface area contributed by atoms with E-state index in [0.717, 1.165) is 22.6 Å². The molecule has 1 heterocycles. The molecule has 23 heavy (non-hydrogen) atoms. The largest absolute Gasteiger partial charge is 0.366 e. The van der Waals surface area contributed by atoms with Crippen molar-refractivity contribution >= 4 is 17.4 Å². The van der Waals surface area contributed by atoms with Crippen LogP contribution >= 0.6 is 0 Å². The van der Waals surface area contributed by atoms with Gasteiger partial charge in [-0.3, -0.25) is 4.79 Å². The van der Waals surface area contributed by atoms with Crippen LogP contribution in [0.3, 0.4) is 0 Å². The number of anilines is 2. The fraction of sp³-hybridized carbons (Fsp3) is 0.389. The van der Waals surface area contributed by atoms with Crippen LogP contribution in [-0.2, 0) is 0 Å². The molecule has 5 heteroatoms. The smallest absolute Gasteiger partial charge is 0.275 e. The molecule has 1 amide bonds. The average molecular weight is 310 g/mol. The third-order valence-electron chi connectivity index (χ3n) is 4.23. The second-order valence-corrected chi connectivity index (χ2v) is 6.19. The van der Waals surface area contributed by atoms with Gasteiger partial charge in [0.25, 0.3) is 5.91 Å². The Hall–Kier alpha value is -2.43. The van der Waals surface area contributed by atoms with Gasteiger partial charge in [-0.25, -0.2) is 9.97 Å². The lowest BCUT2D eigenvalue weighted by atomic mass is 10.1. The van der Waals surface area contributed by atoms with Gasteiger partial charge in [-0.05, 0) is 43.9 Å². The van der Waals surface area contributed by atoms with Gasteiger partial charge in [0.05, 0.1) is 12.4 Å². The number of carbonyl (C=O) groups excluding carboxylic acids is 1. The predicted molar refractivity (Wildman–Crippen MR) is 91.8 cm³/mol. The minimum Gasteiger partial charge on any atom is -0.366 e. The molecule has 0 bridgehead atoms. The van der Waals surface area contributed by atoms with Crippen molar-refractivity contribution in [2.45, 2.75) is 45.6 Å². The lowest BCUT2D eigenvalue weighted by Crippen LogP contribution is -2.18. The molecule has 1 saturated carbocycles. The molecule has 2 aromatic rings. The van der Waals surface area contributed by atoms with E-state index in [9.17, 15) is 4.79 Å². The zero-order valence-electron chi connectivity index (χ0n) is 13.6. The molecule has 1 fully saturated rings. The fourth-order valence-corrected chi connectivity index (χ4v) is 2.86. The zero-order chi connectivity index (χ0) is 16.2. The SMILES string of the molecule is Cc1ccc(C)c(NC(=O)c2cnc(NC3CCCC3)cn2)c1. The third-order valence-corrected chi connectivity index (χ3v) is 4.23. The molecule has 1 aliphatic carbocycles. The van der Waals surface area contributed by atoms with Crippen LogP contribution in [-0.4, -0.2) is 21.9 Å². The number of rotatable bonds is 4. The minimum absolute atomic E-state index is 0.237. The summed E-state index contributed by atoms with van der Waals surface area (Å²) < 4.78 is 0. The second kappa shape index (κ2) is 6.77. The van der Waals surface area contributed by atoms with Crippen molar-refractivity contribution in [2.24, 2.45) is 0 Å². The van der Waals surface area contributed by atoms with Crippen LogP contribution in [0.25, 0.3) is 0 Å². The Kier molecular flexibility index (Phi) is 4.55. The Morgan fingerprint density at radius 3 is 2.61 bits per heavy atom. The normalized spacial score (nSPS) is 14.7. The first-order valence-corrected chi connectivity index (χ1v) is 8.09. The summed E-state index contributed by atoms with van der Waals surface area (Å²) in [4.78, 5) is 20.8. The number of aryl methyl sites for hydroxylation is 2. The van der Waals surface area contributed by atoms with E-state index < -0.39 is 0 Å². The van der Waals surface area contributed by atoms with E-state index >= 15 is 0 Å². The van der Waals surface area contributed by atoms with Crippen LogP contribution in [0, 0.1) is 13.8 Å². The maximum Gasteiger partial charge on any atom is 0.275 e. The van der Waals surface area contributed by atoms with Crippen LogP contribution in [0.5, 0.6) is 0 Å². The number of aromatic nitrogens is 2. The van der Waals surface area contributed by atoms with E-state index in [-0.39, 0.29) is 5.91 Å². The molecule has 1 aromatic carbocycles. The van der Waals surface area contributed by atoms with Crippen molar-refractivity contribution in [1.29, 1.82) is 0 Å². The first-order valence-electron chi connectivity index (χ1n) is 8.09. The summed E-state index contributed by atoms with van der Waals surface area (Å²) in [6, 6.07) is 6.45. The summed E-state index contributed by atoms with van der Waals surface area (Å²) in [6.07, 6.45) is 8.05. The molecule has 3 rings (SSSR count). The fourth-order valence-electron chi connectivity index (χ4n) is 2.86. The van der Waals surface area contributed by atoms with Gasteiger partial charge >= 0.3 is 0 Å². The van der Waals surface area contributed by atoms with Crippen LogP contribution < -0.4 is 10.6 Å². The molecule has 2 N–H and O–H groups in total. The number of nitrogens with zero attached hydrogens (tertiary/aromatic N) is 2. The van der Waals surface area contributed by atoms with Gasteiger partial charge in [0, 0.05) is 11.7 Å². The van der Waals surface area contributed by atoms with Crippen LogP contribution in [0.4, 0.5) is 11.5 Å².